The quantitative estimate of drug-likeness (QED) is 0.801. The number of hydrogen-bond donors (Lipinski definition) is 1. The number of amides is 1. The Kier molecular flexibility index (Phi) is 6.24. The third-order valence-electron chi connectivity index (χ3n) is 4.32. The van der Waals surface area contributed by atoms with E-state index in [2.05, 4.69) is 16.1 Å². The Morgan fingerprint density at radius 3 is 2.81 bits per heavy atom. The second-order valence-electron chi connectivity index (χ2n) is 6.25. The highest BCUT2D eigenvalue weighted by Gasteiger charge is 2.20. The lowest BCUT2D eigenvalue weighted by Gasteiger charge is -2.28. The van der Waals surface area contributed by atoms with Crippen LogP contribution in [0.15, 0.2) is 42.5 Å². The van der Waals surface area contributed by atoms with Gasteiger partial charge in [0, 0.05) is 13.1 Å². The number of carbonyl (C=O) groups is 1. The van der Waals surface area contributed by atoms with Crippen molar-refractivity contribution >= 4 is 11.6 Å². The van der Waals surface area contributed by atoms with E-state index in [1.807, 2.05) is 24.0 Å². The van der Waals surface area contributed by atoms with Crippen LogP contribution in [0.4, 0.5) is 14.5 Å². The number of halogens is 2. The van der Waals surface area contributed by atoms with Crippen molar-refractivity contribution in [1.29, 1.82) is 0 Å². The van der Waals surface area contributed by atoms with Crippen molar-refractivity contribution in [3.05, 3.63) is 53.6 Å². The molecule has 1 aliphatic rings. The van der Waals surface area contributed by atoms with Crippen LogP contribution in [0.1, 0.15) is 18.1 Å². The molecule has 1 heterocycles. The molecule has 0 bridgehead atoms. The third kappa shape index (κ3) is 5.17. The number of alkyl halides is 2. The van der Waals surface area contributed by atoms with Crippen molar-refractivity contribution in [1.82, 2.24) is 4.90 Å². The van der Waals surface area contributed by atoms with Gasteiger partial charge in [0.05, 0.1) is 18.8 Å². The topological polar surface area (TPSA) is 50.8 Å². The summed E-state index contributed by atoms with van der Waals surface area (Å²) in [6.45, 7) is 1.15. The maximum atomic E-state index is 12.5. The molecule has 7 heteroatoms. The molecule has 0 saturated heterocycles. The molecule has 27 heavy (non-hydrogen) atoms. The fraction of sp³-hybridized carbons (Fsp3) is 0.350. The maximum Gasteiger partial charge on any atom is 0.387 e. The van der Waals surface area contributed by atoms with Gasteiger partial charge in [0.2, 0.25) is 5.91 Å². The van der Waals surface area contributed by atoms with Gasteiger partial charge in [-0.05, 0) is 48.7 Å². The summed E-state index contributed by atoms with van der Waals surface area (Å²) in [6.07, 6.45) is 0.847. The molecule has 0 radical (unpaired) electrons. The fourth-order valence-corrected chi connectivity index (χ4v) is 3.14. The number of benzene rings is 2. The van der Waals surface area contributed by atoms with Crippen molar-refractivity contribution in [3.63, 3.8) is 0 Å². The summed E-state index contributed by atoms with van der Waals surface area (Å²) in [7, 11) is 0. The Morgan fingerprint density at radius 1 is 1.22 bits per heavy atom. The summed E-state index contributed by atoms with van der Waals surface area (Å²) < 4.78 is 35.0. The van der Waals surface area contributed by atoms with Crippen LogP contribution in [-0.2, 0) is 17.8 Å². The van der Waals surface area contributed by atoms with E-state index in [-0.39, 0.29) is 23.9 Å². The van der Waals surface area contributed by atoms with Crippen LogP contribution in [0.5, 0.6) is 11.5 Å². The molecule has 2 aromatic rings. The zero-order valence-corrected chi connectivity index (χ0v) is 15.1. The Labute approximate surface area is 156 Å². The third-order valence-corrected chi connectivity index (χ3v) is 4.32. The summed E-state index contributed by atoms with van der Waals surface area (Å²) in [4.78, 5) is 14.4. The predicted octanol–water partition coefficient (Wildman–Crippen LogP) is 3.68. The number of hydrogen-bond acceptors (Lipinski definition) is 4. The van der Waals surface area contributed by atoms with Crippen molar-refractivity contribution in [3.8, 4) is 11.5 Å². The van der Waals surface area contributed by atoms with E-state index < -0.39 is 6.61 Å². The Balaban J connectivity index is 1.62. The molecule has 1 aliphatic heterocycles. The van der Waals surface area contributed by atoms with Crippen LogP contribution in [0.25, 0.3) is 0 Å². The van der Waals surface area contributed by atoms with Crippen LogP contribution in [0.3, 0.4) is 0 Å². The van der Waals surface area contributed by atoms with Gasteiger partial charge in [-0.1, -0.05) is 18.2 Å². The van der Waals surface area contributed by atoms with E-state index in [0.29, 0.717) is 13.2 Å². The Bertz CT molecular complexity index is 799. The summed E-state index contributed by atoms with van der Waals surface area (Å²) in [5.41, 5.74) is 2.63. The highest BCUT2D eigenvalue weighted by Crippen LogP contribution is 2.26. The second kappa shape index (κ2) is 8.81. The number of ether oxygens (including phenoxy) is 2. The zero-order chi connectivity index (χ0) is 19.2. The number of para-hydroxylation sites is 2. The standard InChI is InChI=1S/C20H22F2N2O3/c1-2-26-16-8-7-14-9-10-24(12-15(14)11-16)13-19(25)23-17-5-3-4-6-18(17)27-20(21)22/h3-8,11,20H,2,9-10,12-13H2,1H3,(H,23,25). The molecule has 144 valence electrons. The van der Waals surface area contributed by atoms with Crippen LogP contribution < -0.4 is 14.8 Å². The molecule has 0 fully saturated rings. The molecule has 5 nitrogen and oxygen atoms in total. The average Bonchev–Trinajstić information content (AvgIpc) is 2.63. The van der Waals surface area contributed by atoms with E-state index in [1.165, 1.54) is 17.7 Å². The maximum absolute atomic E-state index is 12.5. The smallest absolute Gasteiger partial charge is 0.387 e. The minimum Gasteiger partial charge on any atom is -0.494 e. The molecule has 0 unspecified atom stereocenters. The SMILES string of the molecule is CCOc1ccc2c(c1)CN(CC(=O)Nc1ccccc1OC(F)F)CC2. The molecule has 2 aromatic carbocycles. The van der Waals surface area contributed by atoms with Crippen LogP contribution >= 0.6 is 0 Å². The molecular weight excluding hydrogens is 354 g/mol. The van der Waals surface area contributed by atoms with Gasteiger partial charge in [0.25, 0.3) is 0 Å². The number of rotatable bonds is 7. The first kappa shape index (κ1) is 19.1. The normalized spacial score (nSPS) is 13.9. The largest absolute Gasteiger partial charge is 0.494 e. The molecule has 0 saturated carbocycles. The lowest BCUT2D eigenvalue weighted by Crippen LogP contribution is -2.37. The average molecular weight is 376 g/mol. The van der Waals surface area contributed by atoms with Crippen molar-refractivity contribution in [2.75, 3.05) is 25.0 Å². The zero-order valence-electron chi connectivity index (χ0n) is 15.1. The molecular formula is C20H22F2N2O3. The molecule has 0 spiro atoms. The van der Waals surface area contributed by atoms with Gasteiger partial charge in [-0.2, -0.15) is 8.78 Å². The number of carbonyl (C=O) groups excluding carboxylic acids is 1. The van der Waals surface area contributed by atoms with Crippen LogP contribution in [0, 0.1) is 0 Å². The molecule has 3 rings (SSSR count). The minimum absolute atomic E-state index is 0.0498. The first-order chi connectivity index (χ1) is 13.0. The first-order valence-electron chi connectivity index (χ1n) is 8.86. The van der Waals surface area contributed by atoms with Gasteiger partial charge in [-0.25, -0.2) is 0 Å². The van der Waals surface area contributed by atoms with Crippen LogP contribution in [-0.4, -0.2) is 37.1 Å². The van der Waals surface area contributed by atoms with Gasteiger partial charge in [0.15, 0.2) is 0 Å². The van der Waals surface area contributed by atoms with Crippen molar-refractivity contribution in [2.45, 2.75) is 26.5 Å². The second-order valence-corrected chi connectivity index (χ2v) is 6.25. The Morgan fingerprint density at radius 2 is 2.04 bits per heavy atom. The van der Waals surface area contributed by atoms with Crippen molar-refractivity contribution in [2.24, 2.45) is 0 Å². The number of nitrogens with zero attached hydrogens (tertiary/aromatic N) is 1. The first-order valence-corrected chi connectivity index (χ1v) is 8.86. The summed E-state index contributed by atoms with van der Waals surface area (Å²) >= 11 is 0. The number of nitrogens with one attached hydrogen (secondary N) is 1. The minimum atomic E-state index is -2.94. The molecule has 0 aliphatic carbocycles. The predicted molar refractivity (Wildman–Crippen MR) is 98.3 cm³/mol. The summed E-state index contributed by atoms with van der Waals surface area (Å²) in [5.74, 6) is 0.497. The molecule has 0 aromatic heterocycles. The van der Waals surface area contributed by atoms with Gasteiger partial charge < -0.3 is 14.8 Å². The summed E-state index contributed by atoms with van der Waals surface area (Å²) in [5, 5.41) is 2.66. The lowest BCUT2D eigenvalue weighted by molar-refractivity contribution is -0.117. The monoisotopic (exact) mass is 376 g/mol. The van der Waals surface area contributed by atoms with E-state index in [1.54, 1.807) is 12.1 Å². The molecule has 0 atom stereocenters. The highest BCUT2D eigenvalue weighted by molar-refractivity contribution is 5.93. The summed E-state index contributed by atoms with van der Waals surface area (Å²) in [6, 6.07) is 12.2. The van der Waals surface area contributed by atoms with E-state index >= 15 is 0 Å². The fourth-order valence-electron chi connectivity index (χ4n) is 3.14. The van der Waals surface area contributed by atoms with Crippen LogP contribution in [0.2, 0.25) is 0 Å². The van der Waals surface area contributed by atoms with E-state index in [0.717, 1.165) is 24.3 Å². The Hall–Kier alpha value is -2.67. The molecule has 1 amide bonds. The molecule has 1 N–H and O–H groups in total. The van der Waals surface area contributed by atoms with Gasteiger partial charge in [-0.15, -0.1) is 0 Å². The van der Waals surface area contributed by atoms with Gasteiger partial charge in [-0.3, -0.25) is 9.69 Å². The number of fused-ring (bicyclic) bond motifs is 1. The van der Waals surface area contributed by atoms with E-state index in [9.17, 15) is 13.6 Å². The van der Waals surface area contributed by atoms with Crippen molar-refractivity contribution < 1.29 is 23.0 Å². The van der Waals surface area contributed by atoms with Gasteiger partial charge in [0.1, 0.15) is 11.5 Å². The van der Waals surface area contributed by atoms with E-state index in [4.69, 9.17) is 4.74 Å². The van der Waals surface area contributed by atoms with Gasteiger partial charge >= 0.3 is 6.61 Å². The number of anilines is 1. The lowest BCUT2D eigenvalue weighted by atomic mass is 9.99. The highest BCUT2D eigenvalue weighted by atomic mass is 19.3.